The first-order chi connectivity index (χ1) is 13.5. The number of para-hydroxylation sites is 1. The molecular formula is C21H30N4O3. The Bertz CT molecular complexity index is 845. The van der Waals surface area contributed by atoms with E-state index in [1.807, 2.05) is 30.5 Å². The normalized spacial score (nSPS) is 18.0. The molecule has 0 saturated carbocycles. The van der Waals surface area contributed by atoms with Crippen molar-refractivity contribution in [2.24, 2.45) is 0 Å². The number of nitrogens with zero attached hydrogens (tertiary/aromatic N) is 3. The third-order valence-corrected chi connectivity index (χ3v) is 5.48. The second-order valence-electron chi connectivity index (χ2n) is 7.46. The van der Waals surface area contributed by atoms with Gasteiger partial charge in [0.25, 0.3) is 5.91 Å². The summed E-state index contributed by atoms with van der Waals surface area (Å²) in [5, 5.41) is 3.68. The number of likely N-dealkylation sites (N-methyl/N-ethyl adjacent to an activating group) is 1. The first kappa shape index (κ1) is 20.4. The molecule has 0 aliphatic carbocycles. The van der Waals surface area contributed by atoms with Crippen LogP contribution in [0.2, 0.25) is 0 Å². The van der Waals surface area contributed by atoms with Crippen LogP contribution in [-0.2, 0) is 16.1 Å². The molecule has 152 valence electrons. The number of amides is 2. The van der Waals surface area contributed by atoms with Crippen molar-refractivity contribution in [3.63, 3.8) is 0 Å². The molecule has 1 aromatic heterocycles. The maximum Gasteiger partial charge on any atom is 0.256 e. The van der Waals surface area contributed by atoms with Crippen LogP contribution in [0.3, 0.4) is 0 Å². The molecular weight excluding hydrogens is 356 g/mol. The number of hydrogen-bond donors (Lipinski definition) is 1. The van der Waals surface area contributed by atoms with Crippen LogP contribution in [0.4, 0.5) is 0 Å². The Morgan fingerprint density at radius 1 is 1.25 bits per heavy atom. The van der Waals surface area contributed by atoms with Crippen LogP contribution < -0.4 is 5.32 Å². The highest BCUT2D eigenvalue weighted by molar-refractivity contribution is 6.07. The molecule has 0 spiro atoms. The van der Waals surface area contributed by atoms with Gasteiger partial charge in [0.15, 0.2) is 0 Å². The Kier molecular flexibility index (Phi) is 6.36. The summed E-state index contributed by atoms with van der Waals surface area (Å²) in [5.74, 6) is -0.0709. The second kappa shape index (κ2) is 8.75. The van der Waals surface area contributed by atoms with Crippen molar-refractivity contribution in [1.29, 1.82) is 0 Å². The van der Waals surface area contributed by atoms with E-state index in [4.69, 9.17) is 4.74 Å². The molecule has 28 heavy (non-hydrogen) atoms. The molecule has 3 rings (SSSR count). The van der Waals surface area contributed by atoms with E-state index in [1.165, 1.54) is 0 Å². The lowest BCUT2D eigenvalue weighted by atomic mass is 10.1. The summed E-state index contributed by atoms with van der Waals surface area (Å²) in [6.45, 7) is 7.12. The van der Waals surface area contributed by atoms with Crippen molar-refractivity contribution in [2.45, 2.75) is 32.5 Å². The van der Waals surface area contributed by atoms with Gasteiger partial charge in [0.2, 0.25) is 5.91 Å². The summed E-state index contributed by atoms with van der Waals surface area (Å²) < 4.78 is 7.26. The number of hydrogen-bond acceptors (Lipinski definition) is 4. The molecule has 2 heterocycles. The average molecular weight is 386 g/mol. The van der Waals surface area contributed by atoms with Gasteiger partial charge in [-0.3, -0.25) is 14.5 Å². The molecule has 7 heteroatoms. The highest BCUT2D eigenvalue weighted by Crippen LogP contribution is 2.24. The molecule has 1 N–H and O–H groups in total. The van der Waals surface area contributed by atoms with Crippen molar-refractivity contribution < 1.29 is 14.3 Å². The van der Waals surface area contributed by atoms with Gasteiger partial charge < -0.3 is 19.5 Å². The van der Waals surface area contributed by atoms with Crippen LogP contribution in [0.15, 0.2) is 30.5 Å². The van der Waals surface area contributed by atoms with Crippen molar-refractivity contribution in [3.8, 4) is 0 Å². The van der Waals surface area contributed by atoms with Gasteiger partial charge in [0.05, 0.1) is 12.2 Å². The van der Waals surface area contributed by atoms with Crippen LogP contribution in [0.1, 0.15) is 24.2 Å². The molecule has 7 nitrogen and oxygen atoms in total. The molecule has 1 fully saturated rings. The number of methoxy groups -OCH3 is 1. The van der Waals surface area contributed by atoms with Gasteiger partial charge in [0, 0.05) is 63.5 Å². The Balaban J connectivity index is 1.89. The Morgan fingerprint density at radius 3 is 2.68 bits per heavy atom. The van der Waals surface area contributed by atoms with Crippen LogP contribution in [-0.4, -0.2) is 78.7 Å². The zero-order chi connectivity index (χ0) is 20.3. The highest BCUT2D eigenvalue weighted by Gasteiger charge is 2.35. The molecule has 0 bridgehead atoms. The largest absolute Gasteiger partial charge is 0.383 e. The van der Waals surface area contributed by atoms with Gasteiger partial charge in [-0.05, 0) is 19.9 Å². The van der Waals surface area contributed by atoms with E-state index in [0.717, 1.165) is 10.9 Å². The maximum atomic E-state index is 13.4. The standard InChI is InChI=1S/C21H30N4O3/c1-15(2)25-10-9-24(14-19(25)20(26)22-3)21(27)17-13-23(11-12-28-4)18-8-6-5-7-16(17)18/h5-8,13,15,19H,9-12,14H2,1-4H3,(H,22,26). The number of piperazine rings is 1. The third-order valence-electron chi connectivity index (χ3n) is 5.48. The molecule has 1 saturated heterocycles. The first-order valence-electron chi connectivity index (χ1n) is 9.81. The molecule has 1 aromatic carbocycles. The van der Waals surface area contributed by atoms with E-state index >= 15 is 0 Å². The molecule has 0 radical (unpaired) electrons. The van der Waals surface area contributed by atoms with Crippen LogP contribution in [0.25, 0.3) is 10.9 Å². The minimum atomic E-state index is -0.329. The van der Waals surface area contributed by atoms with Gasteiger partial charge in [-0.25, -0.2) is 0 Å². The zero-order valence-electron chi connectivity index (χ0n) is 17.1. The molecule has 1 aliphatic heterocycles. The highest BCUT2D eigenvalue weighted by atomic mass is 16.5. The summed E-state index contributed by atoms with van der Waals surface area (Å²) in [6, 6.07) is 7.84. The number of nitrogens with one attached hydrogen (secondary N) is 1. The zero-order valence-corrected chi connectivity index (χ0v) is 17.1. The van der Waals surface area contributed by atoms with Crippen molar-refractivity contribution in [1.82, 2.24) is 19.7 Å². The van der Waals surface area contributed by atoms with Crippen molar-refractivity contribution in [2.75, 3.05) is 40.4 Å². The molecule has 1 aliphatic rings. The van der Waals surface area contributed by atoms with E-state index in [2.05, 4.69) is 28.6 Å². The quantitative estimate of drug-likeness (QED) is 0.818. The van der Waals surface area contributed by atoms with E-state index in [9.17, 15) is 9.59 Å². The Labute approximate surface area is 166 Å². The van der Waals surface area contributed by atoms with E-state index < -0.39 is 0 Å². The van der Waals surface area contributed by atoms with Crippen molar-refractivity contribution >= 4 is 22.7 Å². The number of aromatic nitrogens is 1. The predicted molar refractivity (Wildman–Crippen MR) is 109 cm³/mol. The lowest BCUT2D eigenvalue weighted by Gasteiger charge is -2.42. The summed E-state index contributed by atoms with van der Waals surface area (Å²) in [7, 11) is 3.32. The SMILES string of the molecule is CNC(=O)C1CN(C(=O)c2cn(CCOC)c3ccccc23)CCN1C(C)C. The lowest BCUT2D eigenvalue weighted by molar-refractivity contribution is -0.128. The topological polar surface area (TPSA) is 66.8 Å². The van der Waals surface area contributed by atoms with E-state index in [1.54, 1.807) is 19.1 Å². The number of benzene rings is 1. The predicted octanol–water partition coefficient (Wildman–Crippen LogP) is 1.57. The second-order valence-corrected chi connectivity index (χ2v) is 7.46. The lowest BCUT2D eigenvalue weighted by Crippen LogP contribution is -2.61. The van der Waals surface area contributed by atoms with Gasteiger partial charge in [0.1, 0.15) is 6.04 Å². The number of fused-ring (bicyclic) bond motifs is 1. The number of carbonyl (C=O) groups excluding carboxylic acids is 2. The Morgan fingerprint density at radius 2 is 2.00 bits per heavy atom. The smallest absolute Gasteiger partial charge is 0.256 e. The maximum absolute atomic E-state index is 13.4. The Hall–Kier alpha value is -2.38. The molecule has 2 aromatic rings. The summed E-state index contributed by atoms with van der Waals surface area (Å²) in [6.07, 6.45) is 1.91. The minimum absolute atomic E-state index is 0.0234. The number of rotatable bonds is 6. The van der Waals surface area contributed by atoms with E-state index in [0.29, 0.717) is 38.3 Å². The van der Waals surface area contributed by atoms with E-state index in [-0.39, 0.29) is 23.9 Å². The summed E-state index contributed by atoms with van der Waals surface area (Å²) in [5.41, 5.74) is 1.70. The minimum Gasteiger partial charge on any atom is -0.383 e. The van der Waals surface area contributed by atoms with Crippen LogP contribution in [0, 0.1) is 0 Å². The molecule has 1 unspecified atom stereocenters. The third kappa shape index (κ3) is 3.91. The van der Waals surface area contributed by atoms with Gasteiger partial charge in [-0.2, -0.15) is 0 Å². The average Bonchev–Trinajstić information content (AvgIpc) is 3.09. The first-order valence-corrected chi connectivity index (χ1v) is 9.81. The summed E-state index contributed by atoms with van der Waals surface area (Å²) >= 11 is 0. The summed E-state index contributed by atoms with van der Waals surface area (Å²) in [4.78, 5) is 29.7. The number of ether oxygens (including phenoxy) is 1. The number of carbonyl (C=O) groups is 2. The molecule has 2 amide bonds. The monoisotopic (exact) mass is 386 g/mol. The fraction of sp³-hybridized carbons (Fsp3) is 0.524. The van der Waals surface area contributed by atoms with Crippen LogP contribution >= 0.6 is 0 Å². The fourth-order valence-electron chi connectivity index (χ4n) is 3.96. The molecule has 1 atom stereocenters. The van der Waals surface area contributed by atoms with Crippen LogP contribution in [0.5, 0.6) is 0 Å². The van der Waals surface area contributed by atoms with Gasteiger partial charge in [-0.15, -0.1) is 0 Å². The van der Waals surface area contributed by atoms with Gasteiger partial charge >= 0.3 is 0 Å². The fourth-order valence-corrected chi connectivity index (χ4v) is 3.96. The van der Waals surface area contributed by atoms with Crippen molar-refractivity contribution in [3.05, 3.63) is 36.0 Å². The van der Waals surface area contributed by atoms with Gasteiger partial charge in [-0.1, -0.05) is 18.2 Å².